The fourth-order valence-corrected chi connectivity index (χ4v) is 4.00. The summed E-state index contributed by atoms with van der Waals surface area (Å²) in [5, 5.41) is 3.46. The smallest absolute Gasteiger partial charge is 0.115 e. The Morgan fingerprint density at radius 1 is 1.19 bits per heavy atom. The van der Waals surface area contributed by atoms with E-state index in [1.807, 2.05) is 0 Å². The van der Waals surface area contributed by atoms with Gasteiger partial charge in [-0.05, 0) is 25.7 Å². The third kappa shape index (κ3) is 2.58. The highest BCUT2D eigenvalue weighted by atomic mass is 16.5. The third-order valence-electron chi connectivity index (χ3n) is 5.19. The molecule has 1 atom stereocenters. The lowest BCUT2D eigenvalue weighted by atomic mass is 9.78. The van der Waals surface area contributed by atoms with E-state index >= 15 is 0 Å². The summed E-state index contributed by atoms with van der Waals surface area (Å²) in [6, 6.07) is 0. The molecule has 1 aromatic heterocycles. The minimum atomic E-state index is 0.0289. The van der Waals surface area contributed by atoms with E-state index in [0.29, 0.717) is 5.92 Å². The molecule has 3 aliphatic heterocycles. The van der Waals surface area contributed by atoms with Crippen LogP contribution in [0.2, 0.25) is 0 Å². The zero-order chi connectivity index (χ0) is 14.1. The van der Waals surface area contributed by atoms with Gasteiger partial charge in [0.1, 0.15) is 6.33 Å². The van der Waals surface area contributed by atoms with E-state index in [0.717, 1.165) is 65.0 Å². The maximum atomic E-state index is 6.16. The van der Waals surface area contributed by atoms with Crippen molar-refractivity contribution < 1.29 is 9.47 Å². The summed E-state index contributed by atoms with van der Waals surface area (Å²) in [7, 11) is 0. The SMILES string of the molecule is c1nc2c(c(C3CCOC4(CCOCC4)C3)n1)CNCC2. The molecule has 3 aliphatic rings. The first-order chi connectivity index (χ1) is 10.4. The summed E-state index contributed by atoms with van der Waals surface area (Å²) >= 11 is 0. The summed E-state index contributed by atoms with van der Waals surface area (Å²) < 4.78 is 11.7. The fraction of sp³-hybridized carbons (Fsp3) is 0.750. The maximum absolute atomic E-state index is 6.16. The van der Waals surface area contributed by atoms with Gasteiger partial charge in [0, 0.05) is 56.5 Å². The standard InChI is InChI=1S/C16H23N3O2/c1-5-17-10-13-14(1)18-11-19-15(13)12-2-6-21-16(9-12)3-7-20-8-4-16/h11-12,17H,1-10H2. The summed E-state index contributed by atoms with van der Waals surface area (Å²) in [6.45, 7) is 4.45. The van der Waals surface area contributed by atoms with Crippen LogP contribution in [0.1, 0.15) is 48.6 Å². The fourth-order valence-electron chi connectivity index (χ4n) is 4.00. The van der Waals surface area contributed by atoms with Crippen LogP contribution in [0.15, 0.2) is 6.33 Å². The number of hydrogen-bond donors (Lipinski definition) is 1. The molecule has 21 heavy (non-hydrogen) atoms. The van der Waals surface area contributed by atoms with Crippen LogP contribution in [0.4, 0.5) is 0 Å². The normalized spacial score (nSPS) is 28.3. The Hall–Kier alpha value is -1.04. The molecule has 1 N–H and O–H groups in total. The lowest BCUT2D eigenvalue weighted by Crippen LogP contribution is -2.44. The molecular formula is C16H23N3O2. The molecule has 114 valence electrons. The molecule has 4 rings (SSSR count). The average Bonchev–Trinajstić information content (AvgIpc) is 2.55. The van der Waals surface area contributed by atoms with Crippen LogP contribution in [0, 0.1) is 0 Å². The number of nitrogens with zero attached hydrogens (tertiary/aromatic N) is 2. The van der Waals surface area contributed by atoms with E-state index < -0.39 is 0 Å². The van der Waals surface area contributed by atoms with Crippen molar-refractivity contribution in [3.8, 4) is 0 Å². The van der Waals surface area contributed by atoms with E-state index in [1.54, 1.807) is 6.33 Å². The van der Waals surface area contributed by atoms with Gasteiger partial charge in [0.25, 0.3) is 0 Å². The Bertz CT molecular complexity index is 509. The highest BCUT2D eigenvalue weighted by molar-refractivity contribution is 5.30. The van der Waals surface area contributed by atoms with Crippen molar-refractivity contribution in [3.63, 3.8) is 0 Å². The topological polar surface area (TPSA) is 56.3 Å². The first kappa shape index (κ1) is 13.6. The highest BCUT2D eigenvalue weighted by Crippen LogP contribution is 2.42. The molecule has 5 nitrogen and oxygen atoms in total. The van der Waals surface area contributed by atoms with Gasteiger partial charge in [0.05, 0.1) is 11.3 Å². The van der Waals surface area contributed by atoms with E-state index in [9.17, 15) is 0 Å². The number of hydrogen-bond acceptors (Lipinski definition) is 5. The first-order valence-electron chi connectivity index (χ1n) is 8.11. The molecule has 0 amide bonds. The molecule has 0 aliphatic carbocycles. The van der Waals surface area contributed by atoms with Gasteiger partial charge in [-0.3, -0.25) is 0 Å². The number of aromatic nitrogens is 2. The molecule has 0 bridgehead atoms. The van der Waals surface area contributed by atoms with Crippen LogP contribution in [0.5, 0.6) is 0 Å². The van der Waals surface area contributed by atoms with Crippen molar-refractivity contribution in [3.05, 3.63) is 23.3 Å². The molecule has 4 heterocycles. The predicted molar refractivity (Wildman–Crippen MR) is 78.2 cm³/mol. The van der Waals surface area contributed by atoms with Crippen LogP contribution < -0.4 is 5.32 Å². The van der Waals surface area contributed by atoms with Crippen LogP contribution in [-0.4, -0.2) is 41.9 Å². The molecule has 1 spiro atoms. The molecule has 2 saturated heterocycles. The molecule has 1 unspecified atom stereocenters. The van der Waals surface area contributed by atoms with Gasteiger partial charge >= 0.3 is 0 Å². The lowest BCUT2D eigenvalue weighted by molar-refractivity contribution is -0.138. The summed E-state index contributed by atoms with van der Waals surface area (Å²) in [6.07, 6.45) is 6.98. The zero-order valence-corrected chi connectivity index (χ0v) is 12.4. The Labute approximate surface area is 125 Å². The highest BCUT2D eigenvalue weighted by Gasteiger charge is 2.40. The summed E-state index contributed by atoms with van der Waals surface area (Å²) in [5.74, 6) is 0.508. The van der Waals surface area contributed by atoms with Crippen molar-refractivity contribution in [1.82, 2.24) is 15.3 Å². The number of nitrogens with one attached hydrogen (secondary N) is 1. The average molecular weight is 289 g/mol. The van der Waals surface area contributed by atoms with Crippen LogP contribution >= 0.6 is 0 Å². The van der Waals surface area contributed by atoms with Gasteiger partial charge in [0.15, 0.2) is 0 Å². The zero-order valence-electron chi connectivity index (χ0n) is 12.4. The van der Waals surface area contributed by atoms with E-state index in [-0.39, 0.29) is 5.60 Å². The quantitative estimate of drug-likeness (QED) is 0.850. The van der Waals surface area contributed by atoms with E-state index in [1.165, 1.54) is 17.0 Å². The monoisotopic (exact) mass is 289 g/mol. The summed E-state index contributed by atoms with van der Waals surface area (Å²) in [4.78, 5) is 9.13. The predicted octanol–water partition coefficient (Wildman–Crippen LogP) is 1.57. The van der Waals surface area contributed by atoms with E-state index in [4.69, 9.17) is 9.47 Å². The molecule has 1 aromatic rings. The number of rotatable bonds is 1. The van der Waals surface area contributed by atoms with E-state index in [2.05, 4.69) is 15.3 Å². The van der Waals surface area contributed by atoms with Gasteiger partial charge in [-0.15, -0.1) is 0 Å². The Kier molecular flexibility index (Phi) is 3.65. The van der Waals surface area contributed by atoms with Crippen LogP contribution in [0.3, 0.4) is 0 Å². The molecule has 0 aromatic carbocycles. The number of ether oxygens (including phenoxy) is 2. The molecule has 0 saturated carbocycles. The molecule has 5 heteroatoms. The van der Waals surface area contributed by atoms with Crippen LogP contribution in [0.25, 0.3) is 0 Å². The Morgan fingerprint density at radius 2 is 2.10 bits per heavy atom. The second kappa shape index (κ2) is 5.63. The van der Waals surface area contributed by atoms with Crippen molar-refractivity contribution in [1.29, 1.82) is 0 Å². The van der Waals surface area contributed by atoms with Gasteiger partial charge in [-0.1, -0.05) is 0 Å². The number of fused-ring (bicyclic) bond motifs is 1. The third-order valence-corrected chi connectivity index (χ3v) is 5.19. The van der Waals surface area contributed by atoms with Crippen molar-refractivity contribution in [2.45, 2.75) is 50.2 Å². The second-order valence-corrected chi connectivity index (χ2v) is 6.44. The van der Waals surface area contributed by atoms with Gasteiger partial charge in [-0.2, -0.15) is 0 Å². The Balaban J connectivity index is 1.61. The molecule has 2 fully saturated rings. The lowest BCUT2D eigenvalue weighted by Gasteiger charge is -2.43. The van der Waals surface area contributed by atoms with Crippen molar-refractivity contribution in [2.75, 3.05) is 26.4 Å². The van der Waals surface area contributed by atoms with Gasteiger partial charge in [-0.25, -0.2) is 9.97 Å². The van der Waals surface area contributed by atoms with Gasteiger partial charge in [0.2, 0.25) is 0 Å². The molecule has 0 radical (unpaired) electrons. The second-order valence-electron chi connectivity index (χ2n) is 6.44. The van der Waals surface area contributed by atoms with Gasteiger partial charge < -0.3 is 14.8 Å². The Morgan fingerprint density at radius 3 is 3.00 bits per heavy atom. The minimum absolute atomic E-state index is 0.0289. The largest absolute Gasteiger partial charge is 0.381 e. The summed E-state index contributed by atoms with van der Waals surface area (Å²) in [5.41, 5.74) is 3.88. The molecular weight excluding hydrogens is 266 g/mol. The van der Waals surface area contributed by atoms with Crippen LogP contribution in [-0.2, 0) is 22.4 Å². The first-order valence-corrected chi connectivity index (χ1v) is 8.11. The van der Waals surface area contributed by atoms with Crippen molar-refractivity contribution in [2.24, 2.45) is 0 Å². The minimum Gasteiger partial charge on any atom is -0.381 e. The van der Waals surface area contributed by atoms with Crippen molar-refractivity contribution >= 4 is 0 Å². The maximum Gasteiger partial charge on any atom is 0.115 e.